The first-order valence-electron chi connectivity index (χ1n) is 10.7. The number of benzene rings is 3. The van der Waals surface area contributed by atoms with Gasteiger partial charge in [0.25, 0.3) is 11.7 Å². The quantitative estimate of drug-likeness (QED) is 0.336. The molecule has 0 aliphatic carbocycles. The van der Waals surface area contributed by atoms with E-state index in [0.29, 0.717) is 30.9 Å². The zero-order valence-electron chi connectivity index (χ0n) is 17.9. The minimum absolute atomic E-state index is 0.110. The molecule has 1 fully saturated rings. The van der Waals surface area contributed by atoms with Crippen LogP contribution in [0.2, 0.25) is 0 Å². The van der Waals surface area contributed by atoms with E-state index in [1.54, 1.807) is 29.2 Å². The molecule has 1 N–H and O–H groups in total. The Bertz CT molecular complexity index is 1120. The number of likely N-dealkylation sites (tertiary alicyclic amines) is 1. The summed E-state index contributed by atoms with van der Waals surface area (Å²) in [7, 11) is 0. The van der Waals surface area contributed by atoms with Crippen LogP contribution in [0.4, 0.5) is 0 Å². The van der Waals surface area contributed by atoms with Crippen LogP contribution in [-0.4, -0.2) is 34.8 Å². The van der Waals surface area contributed by atoms with Crippen molar-refractivity contribution < 1.29 is 19.4 Å². The number of hydrogen-bond acceptors (Lipinski definition) is 4. The van der Waals surface area contributed by atoms with Crippen molar-refractivity contribution in [2.75, 3.05) is 13.2 Å². The molecule has 0 saturated carbocycles. The summed E-state index contributed by atoms with van der Waals surface area (Å²) in [6.45, 7) is 2.80. The Hall–Kier alpha value is -3.86. The Kier molecular flexibility index (Phi) is 6.36. The molecule has 0 spiro atoms. The molecular weight excluding hydrogens is 402 g/mol. The number of carbonyl (C=O) groups is 2. The van der Waals surface area contributed by atoms with Crippen molar-refractivity contribution in [3.05, 3.63) is 107 Å². The Morgan fingerprint density at radius 2 is 1.53 bits per heavy atom. The minimum atomic E-state index is -0.668. The highest BCUT2D eigenvalue weighted by atomic mass is 16.5. The van der Waals surface area contributed by atoms with Crippen LogP contribution in [-0.2, 0) is 16.0 Å². The van der Waals surface area contributed by atoms with E-state index >= 15 is 0 Å². The topological polar surface area (TPSA) is 66.8 Å². The Labute approximate surface area is 187 Å². The average Bonchev–Trinajstić information content (AvgIpc) is 3.09. The first-order chi connectivity index (χ1) is 15.6. The molecule has 1 atom stereocenters. The number of ketones is 1. The van der Waals surface area contributed by atoms with Gasteiger partial charge in [-0.3, -0.25) is 9.59 Å². The number of aliphatic hydroxyl groups is 1. The SMILES string of the molecule is CCOc1ccc(C(O)=C2C(=O)C(=O)N(CCc3ccccc3)C2c2ccccc2)cc1. The van der Waals surface area contributed by atoms with Crippen LogP contribution in [0.5, 0.6) is 5.75 Å². The molecule has 3 aromatic carbocycles. The molecule has 1 saturated heterocycles. The smallest absolute Gasteiger partial charge is 0.295 e. The van der Waals surface area contributed by atoms with E-state index in [-0.39, 0.29) is 11.3 Å². The first kappa shape index (κ1) is 21.4. The Morgan fingerprint density at radius 3 is 2.16 bits per heavy atom. The number of nitrogens with zero attached hydrogens (tertiary/aromatic N) is 1. The maximum absolute atomic E-state index is 13.1. The highest BCUT2D eigenvalue weighted by molar-refractivity contribution is 6.46. The van der Waals surface area contributed by atoms with Gasteiger partial charge < -0.3 is 14.7 Å². The number of Topliss-reactive ketones (excluding diaryl/α,β-unsaturated/α-hetero) is 1. The molecular formula is C27H25NO4. The number of rotatable bonds is 7. The summed E-state index contributed by atoms with van der Waals surface area (Å²) in [6, 6.07) is 25.4. The molecule has 1 aliphatic heterocycles. The van der Waals surface area contributed by atoms with Gasteiger partial charge in [-0.1, -0.05) is 60.7 Å². The summed E-state index contributed by atoms with van der Waals surface area (Å²) in [5.41, 5.74) is 2.44. The normalized spacial score (nSPS) is 17.5. The molecule has 5 nitrogen and oxygen atoms in total. The predicted molar refractivity (Wildman–Crippen MR) is 123 cm³/mol. The van der Waals surface area contributed by atoms with Crippen LogP contribution in [0.3, 0.4) is 0 Å². The second-order valence-corrected chi connectivity index (χ2v) is 7.60. The van der Waals surface area contributed by atoms with Crippen molar-refractivity contribution in [3.8, 4) is 5.75 Å². The van der Waals surface area contributed by atoms with Crippen molar-refractivity contribution in [1.29, 1.82) is 0 Å². The molecule has 1 unspecified atom stereocenters. The third-order valence-corrected chi connectivity index (χ3v) is 5.58. The van der Waals surface area contributed by atoms with Crippen LogP contribution in [0, 0.1) is 0 Å². The maximum Gasteiger partial charge on any atom is 0.295 e. The van der Waals surface area contributed by atoms with Crippen LogP contribution < -0.4 is 4.74 Å². The highest BCUT2D eigenvalue weighted by Gasteiger charge is 2.45. The lowest BCUT2D eigenvalue weighted by Gasteiger charge is -2.25. The largest absolute Gasteiger partial charge is 0.507 e. The predicted octanol–water partition coefficient (Wildman–Crippen LogP) is 4.75. The molecule has 3 aromatic rings. The van der Waals surface area contributed by atoms with Crippen molar-refractivity contribution >= 4 is 17.4 Å². The van der Waals surface area contributed by atoms with Gasteiger partial charge in [-0.05, 0) is 48.7 Å². The fraction of sp³-hybridized carbons (Fsp3) is 0.185. The lowest BCUT2D eigenvalue weighted by Crippen LogP contribution is -2.31. The molecule has 1 heterocycles. The van der Waals surface area contributed by atoms with Crippen LogP contribution in [0.1, 0.15) is 29.7 Å². The number of amides is 1. The molecule has 32 heavy (non-hydrogen) atoms. The van der Waals surface area contributed by atoms with Gasteiger partial charge in [0.05, 0.1) is 18.2 Å². The molecule has 4 rings (SSSR count). The zero-order valence-corrected chi connectivity index (χ0v) is 17.9. The third kappa shape index (κ3) is 4.28. The van der Waals surface area contributed by atoms with Gasteiger partial charge >= 0.3 is 0 Å². The van der Waals surface area contributed by atoms with E-state index in [9.17, 15) is 14.7 Å². The first-order valence-corrected chi connectivity index (χ1v) is 10.7. The van der Waals surface area contributed by atoms with E-state index in [1.807, 2.05) is 67.6 Å². The van der Waals surface area contributed by atoms with Gasteiger partial charge in [-0.25, -0.2) is 0 Å². The molecule has 162 valence electrons. The van der Waals surface area contributed by atoms with Crippen molar-refractivity contribution in [1.82, 2.24) is 4.90 Å². The van der Waals surface area contributed by atoms with Crippen molar-refractivity contribution in [2.45, 2.75) is 19.4 Å². The van der Waals surface area contributed by atoms with Crippen LogP contribution in [0.15, 0.2) is 90.5 Å². The summed E-state index contributed by atoms with van der Waals surface area (Å²) in [4.78, 5) is 27.6. The van der Waals surface area contributed by atoms with Crippen LogP contribution in [0.25, 0.3) is 5.76 Å². The molecule has 5 heteroatoms. The zero-order chi connectivity index (χ0) is 22.5. The second kappa shape index (κ2) is 9.52. The molecule has 0 radical (unpaired) electrons. The monoisotopic (exact) mass is 427 g/mol. The van der Waals surface area contributed by atoms with E-state index in [2.05, 4.69) is 0 Å². The lowest BCUT2D eigenvalue weighted by molar-refractivity contribution is -0.139. The van der Waals surface area contributed by atoms with Gasteiger partial charge in [0.1, 0.15) is 11.5 Å². The molecule has 1 aliphatic rings. The van der Waals surface area contributed by atoms with Gasteiger partial charge in [-0.15, -0.1) is 0 Å². The molecule has 0 aromatic heterocycles. The van der Waals surface area contributed by atoms with Crippen molar-refractivity contribution in [3.63, 3.8) is 0 Å². The lowest BCUT2D eigenvalue weighted by atomic mass is 9.95. The number of hydrogen-bond donors (Lipinski definition) is 1. The van der Waals surface area contributed by atoms with Gasteiger partial charge in [0.2, 0.25) is 0 Å². The Balaban J connectivity index is 1.73. The maximum atomic E-state index is 13.1. The van der Waals surface area contributed by atoms with Gasteiger partial charge in [0.15, 0.2) is 0 Å². The van der Waals surface area contributed by atoms with Crippen LogP contribution >= 0.6 is 0 Å². The van der Waals surface area contributed by atoms with Gasteiger partial charge in [0, 0.05) is 12.1 Å². The number of carbonyl (C=O) groups excluding carboxylic acids is 2. The Morgan fingerprint density at radius 1 is 0.906 bits per heavy atom. The summed E-state index contributed by atoms with van der Waals surface area (Å²) >= 11 is 0. The minimum Gasteiger partial charge on any atom is -0.507 e. The number of ether oxygens (including phenoxy) is 1. The fourth-order valence-corrected chi connectivity index (χ4v) is 4.02. The highest BCUT2D eigenvalue weighted by Crippen LogP contribution is 2.39. The van der Waals surface area contributed by atoms with Crippen molar-refractivity contribution in [2.24, 2.45) is 0 Å². The van der Waals surface area contributed by atoms with E-state index < -0.39 is 17.7 Å². The summed E-state index contributed by atoms with van der Waals surface area (Å²) < 4.78 is 5.46. The summed E-state index contributed by atoms with van der Waals surface area (Å²) in [6.07, 6.45) is 0.611. The average molecular weight is 428 g/mol. The molecule has 0 bridgehead atoms. The fourth-order valence-electron chi connectivity index (χ4n) is 4.02. The summed E-state index contributed by atoms with van der Waals surface area (Å²) in [5, 5.41) is 11.1. The summed E-state index contributed by atoms with van der Waals surface area (Å²) in [5.74, 6) is -0.769. The van der Waals surface area contributed by atoms with E-state index in [0.717, 1.165) is 11.1 Å². The molecule has 1 amide bonds. The third-order valence-electron chi connectivity index (χ3n) is 5.58. The van der Waals surface area contributed by atoms with Gasteiger partial charge in [-0.2, -0.15) is 0 Å². The van der Waals surface area contributed by atoms with E-state index in [4.69, 9.17) is 4.74 Å². The standard InChI is InChI=1S/C27H25NO4/c1-2-32-22-15-13-21(14-16-22)25(29)23-24(20-11-7-4-8-12-20)28(27(31)26(23)30)18-17-19-9-5-3-6-10-19/h3-16,24,29H,2,17-18H2,1H3. The second-order valence-electron chi connectivity index (χ2n) is 7.60. The number of aliphatic hydroxyl groups excluding tert-OH is 1. The van der Waals surface area contributed by atoms with E-state index in [1.165, 1.54) is 0 Å².